The first-order chi connectivity index (χ1) is 11.9. The number of carbonyl (C=O) groups excluding carboxylic acids is 1. The van der Waals surface area contributed by atoms with Gasteiger partial charge in [0.2, 0.25) is 0 Å². The lowest BCUT2D eigenvalue weighted by molar-refractivity contribution is -0.137. The molecular formula is C21H27NO3. The van der Waals surface area contributed by atoms with Gasteiger partial charge in [0.05, 0.1) is 0 Å². The van der Waals surface area contributed by atoms with E-state index in [1.54, 1.807) is 7.11 Å². The standard InChI is InChI=1S/C21H27NO3/c1-16(2)14-21(3,24-4)20(23)22-18-10-12-19(13-11-18)25-15-17-8-6-5-7-9-17/h5-13,16H,14-15H2,1-4H3,(H,22,23). The molecule has 2 aromatic carbocycles. The van der Waals surface area contributed by atoms with Crippen molar-refractivity contribution in [2.45, 2.75) is 39.4 Å². The summed E-state index contributed by atoms with van der Waals surface area (Å²) in [5.74, 6) is 0.990. The molecule has 0 fully saturated rings. The van der Waals surface area contributed by atoms with Crippen molar-refractivity contribution < 1.29 is 14.3 Å². The van der Waals surface area contributed by atoms with Crippen LogP contribution in [0, 0.1) is 5.92 Å². The third-order valence-electron chi connectivity index (χ3n) is 4.09. The zero-order valence-electron chi connectivity index (χ0n) is 15.4. The van der Waals surface area contributed by atoms with Crippen LogP contribution >= 0.6 is 0 Å². The van der Waals surface area contributed by atoms with Crippen molar-refractivity contribution in [2.24, 2.45) is 5.92 Å². The highest BCUT2D eigenvalue weighted by Crippen LogP contribution is 2.23. The van der Waals surface area contributed by atoms with Gasteiger partial charge in [0.25, 0.3) is 5.91 Å². The molecular weight excluding hydrogens is 314 g/mol. The monoisotopic (exact) mass is 341 g/mol. The average Bonchev–Trinajstić information content (AvgIpc) is 2.61. The first kappa shape index (κ1) is 19.0. The van der Waals surface area contributed by atoms with Gasteiger partial charge in [-0.2, -0.15) is 0 Å². The fourth-order valence-corrected chi connectivity index (χ4v) is 2.69. The number of rotatable bonds is 8. The third-order valence-corrected chi connectivity index (χ3v) is 4.09. The van der Waals surface area contributed by atoms with Crippen LogP contribution in [0.1, 0.15) is 32.8 Å². The number of anilines is 1. The number of carbonyl (C=O) groups is 1. The van der Waals surface area contributed by atoms with Crippen molar-refractivity contribution in [1.29, 1.82) is 0 Å². The van der Waals surface area contributed by atoms with E-state index in [9.17, 15) is 4.79 Å². The van der Waals surface area contributed by atoms with Crippen LogP contribution in [0.3, 0.4) is 0 Å². The number of benzene rings is 2. The van der Waals surface area contributed by atoms with E-state index in [0.29, 0.717) is 18.9 Å². The largest absolute Gasteiger partial charge is 0.489 e. The van der Waals surface area contributed by atoms with E-state index in [2.05, 4.69) is 19.2 Å². The van der Waals surface area contributed by atoms with Crippen LogP contribution in [0.2, 0.25) is 0 Å². The Morgan fingerprint density at radius 2 is 1.72 bits per heavy atom. The molecule has 0 aliphatic carbocycles. The molecule has 0 saturated heterocycles. The van der Waals surface area contributed by atoms with Crippen LogP contribution in [0.4, 0.5) is 5.69 Å². The Balaban J connectivity index is 1.94. The normalized spacial score (nSPS) is 13.3. The zero-order chi connectivity index (χ0) is 18.3. The Morgan fingerprint density at radius 1 is 1.08 bits per heavy atom. The Bertz CT molecular complexity index is 667. The quantitative estimate of drug-likeness (QED) is 0.760. The first-order valence-corrected chi connectivity index (χ1v) is 8.56. The Hall–Kier alpha value is -2.33. The molecule has 1 unspecified atom stereocenters. The molecule has 0 heterocycles. The molecule has 1 atom stereocenters. The number of hydrogen-bond donors (Lipinski definition) is 1. The van der Waals surface area contributed by atoms with E-state index in [4.69, 9.17) is 9.47 Å². The van der Waals surface area contributed by atoms with Crippen molar-refractivity contribution in [1.82, 2.24) is 0 Å². The summed E-state index contributed by atoms with van der Waals surface area (Å²) in [6, 6.07) is 17.4. The smallest absolute Gasteiger partial charge is 0.256 e. The highest BCUT2D eigenvalue weighted by molar-refractivity contribution is 5.97. The minimum atomic E-state index is -0.837. The van der Waals surface area contributed by atoms with Gasteiger partial charge in [-0.15, -0.1) is 0 Å². The van der Waals surface area contributed by atoms with Crippen LogP contribution in [0.25, 0.3) is 0 Å². The predicted molar refractivity (Wildman–Crippen MR) is 101 cm³/mol. The Kier molecular flexibility index (Phi) is 6.59. The zero-order valence-corrected chi connectivity index (χ0v) is 15.4. The lowest BCUT2D eigenvalue weighted by Crippen LogP contribution is -2.43. The summed E-state index contributed by atoms with van der Waals surface area (Å²) in [6.45, 7) is 6.48. The minimum absolute atomic E-state index is 0.137. The van der Waals surface area contributed by atoms with Gasteiger partial charge in [-0.05, 0) is 49.1 Å². The van der Waals surface area contributed by atoms with Gasteiger partial charge in [0.15, 0.2) is 0 Å². The van der Waals surface area contributed by atoms with Crippen molar-refractivity contribution in [3.05, 3.63) is 60.2 Å². The fraction of sp³-hybridized carbons (Fsp3) is 0.381. The molecule has 1 N–H and O–H groups in total. The second kappa shape index (κ2) is 8.67. The van der Waals surface area contributed by atoms with Gasteiger partial charge in [0, 0.05) is 12.8 Å². The molecule has 0 saturated carbocycles. The first-order valence-electron chi connectivity index (χ1n) is 8.56. The van der Waals surface area contributed by atoms with Crippen molar-refractivity contribution in [2.75, 3.05) is 12.4 Å². The van der Waals surface area contributed by atoms with E-state index in [0.717, 1.165) is 17.0 Å². The summed E-state index contributed by atoms with van der Waals surface area (Å²) < 4.78 is 11.2. The average molecular weight is 341 g/mol. The molecule has 25 heavy (non-hydrogen) atoms. The molecule has 4 heteroatoms. The van der Waals surface area contributed by atoms with Crippen LogP contribution in [-0.4, -0.2) is 18.6 Å². The molecule has 2 rings (SSSR count). The molecule has 0 radical (unpaired) electrons. The second-order valence-corrected chi connectivity index (χ2v) is 6.79. The fourth-order valence-electron chi connectivity index (χ4n) is 2.69. The SMILES string of the molecule is COC(C)(CC(C)C)C(=O)Nc1ccc(OCc2ccccc2)cc1. The summed E-state index contributed by atoms with van der Waals surface area (Å²) in [7, 11) is 1.57. The maximum atomic E-state index is 12.5. The Morgan fingerprint density at radius 3 is 2.28 bits per heavy atom. The summed E-state index contributed by atoms with van der Waals surface area (Å²) in [6.07, 6.45) is 0.660. The van der Waals surface area contributed by atoms with Crippen LogP contribution in [0.15, 0.2) is 54.6 Å². The molecule has 2 aromatic rings. The lowest BCUT2D eigenvalue weighted by Gasteiger charge is -2.28. The number of hydrogen-bond acceptors (Lipinski definition) is 3. The van der Waals surface area contributed by atoms with Crippen molar-refractivity contribution in [3.63, 3.8) is 0 Å². The van der Waals surface area contributed by atoms with Gasteiger partial charge in [-0.3, -0.25) is 4.79 Å². The molecule has 0 aliphatic rings. The number of ether oxygens (including phenoxy) is 2. The summed E-state index contributed by atoms with van der Waals surface area (Å²) >= 11 is 0. The van der Waals surface area contributed by atoms with Gasteiger partial charge >= 0.3 is 0 Å². The van der Waals surface area contributed by atoms with E-state index >= 15 is 0 Å². The maximum absolute atomic E-state index is 12.5. The van der Waals surface area contributed by atoms with Crippen LogP contribution < -0.4 is 10.1 Å². The molecule has 0 aliphatic heterocycles. The molecule has 134 valence electrons. The second-order valence-electron chi connectivity index (χ2n) is 6.79. The van der Waals surface area contributed by atoms with E-state index < -0.39 is 5.60 Å². The number of amides is 1. The topological polar surface area (TPSA) is 47.6 Å². The van der Waals surface area contributed by atoms with Crippen LogP contribution in [-0.2, 0) is 16.1 Å². The van der Waals surface area contributed by atoms with E-state index in [-0.39, 0.29) is 5.91 Å². The predicted octanol–water partition coefficient (Wildman–Crippen LogP) is 4.66. The third kappa shape index (κ3) is 5.61. The van der Waals surface area contributed by atoms with Gasteiger partial charge < -0.3 is 14.8 Å². The highest BCUT2D eigenvalue weighted by Gasteiger charge is 2.33. The van der Waals surface area contributed by atoms with Gasteiger partial charge in [-0.25, -0.2) is 0 Å². The van der Waals surface area contributed by atoms with Crippen LogP contribution in [0.5, 0.6) is 5.75 Å². The summed E-state index contributed by atoms with van der Waals surface area (Å²) in [4.78, 5) is 12.5. The summed E-state index contributed by atoms with van der Waals surface area (Å²) in [5, 5.41) is 2.92. The summed E-state index contributed by atoms with van der Waals surface area (Å²) in [5.41, 5.74) is 1.00. The minimum Gasteiger partial charge on any atom is -0.489 e. The van der Waals surface area contributed by atoms with Gasteiger partial charge in [0.1, 0.15) is 18.0 Å². The molecule has 0 spiro atoms. The van der Waals surface area contributed by atoms with Gasteiger partial charge in [-0.1, -0.05) is 44.2 Å². The molecule has 1 amide bonds. The number of methoxy groups -OCH3 is 1. The van der Waals surface area contributed by atoms with Crippen molar-refractivity contribution >= 4 is 11.6 Å². The van der Waals surface area contributed by atoms with Crippen molar-refractivity contribution in [3.8, 4) is 5.75 Å². The van der Waals surface area contributed by atoms with E-state index in [1.807, 2.05) is 61.5 Å². The number of nitrogens with one attached hydrogen (secondary N) is 1. The molecule has 0 aromatic heterocycles. The maximum Gasteiger partial charge on any atom is 0.256 e. The van der Waals surface area contributed by atoms with E-state index in [1.165, 1.54) is 0 Å². The lowest BCUT2D eigenvalue weighted by atomic mass is 9.93. The Labute approximate surface area is 150 Å². The highest BCUT2D eigenvalue weighted by atomic mass is 16.5. The molecule has 0 bridgehead atoms. The molecule has 4 nitrogen and oxygen atoms in total.